The second kappa shape index (κ2) is 6.50. The maximum Gasteiger partial charge on any atom is 0.363 e. The van der Waals surface area contributed by atoms with Crippen LogP contribution in [-0.2, 0) is 9.53 Å². The van der Waals surface area contributed by atoms with E-state index in [2.05, 4.69) is 34.8 Å². The van der Waals surface area contributed by atoms with Crippen molar-refractivity contribution < 1.29 is 9.53 Å². The van der Waals surface area contributed by atoms with Gasteiger partial charge in [-0.3, -0.25) is 0 Å². The van der Waals surface area contributed by atoms with Crippen LogP contribution in [0.5, 0.6) is 0 Å². The lowest BCUT2D eigenvalue weighted by Crippen LogP contribution is -2.05. The Hall–Kier alpha value is -2.20. The highest BCUT2D eigenvalue weighted by molar-refractivity contribution is 9.10. The number of ether oxygens (including phenoxy) is 1. The van der Waals surface area contributed by atoms with Gasteiger partial charge in [-0.1, -0.05) is 60.1 Å². The van der Waals surface area contributed by atoms with Gasteiger partial charge in [0.1, 0.15) is 0 Å². The van der Waals surface area contributed by atoms with Crippen LogP contribution in [0.1, 0.15) is 36.5 Å². The molecule has 0 fully saturated rings. The van der Waals surface area contributed by atoms with E-state index in [1.807, 2.05) is 48.5 Å². The van der Waals surface area contributed by atoms with Gasteiger partial charge in [0.25, 0.3) is 0 Å². The fourth-order valence-corrected chi connectivity index (χ4v) is 2.68. The lowest BCUT2D eigenvalue weighted by molar-refractivity contribution is -0.129. The van der Waals surface area contributed by atoms with Crippen molar-refractivity contribution >= 4 is 33.9 Å². The molecular formula is C19H16BrNO2. The highest BCUT2D eigenvalue weighted by Gasteiger charge is 2.24. The zero-order chi connectivity index (χ0) is 16.4. The Morgan fingerprint density at radius 2 is 1.78 bits per heavy atom. The van der Waals surface area contributed by atoms with Gasteiger partial charge in [-0.25, -0.2) is 9.79 Å². The summed E-state index contributed by atoms with van der Waals surface area (Å²) < 4.78 is 6.21. The fraction of sp³-hybridized carbons (Fsp3) is 0.158. The zero-order valence-corrected chi connectivity index (χ0v) is 14.5. The molecule has 4 heteroatoms. The Kier molecular flexibility index (Phi) is 4.44. The minimum atomic E-state index is -0.427. The first-order chi connectivity index (χ1) is 11.0. The third kappa shape index (κ3) is 3.42. The second-order valence-corrected chi connectivity index (χ2v) is 6.49. The number of carbonyl (C=O) groups is 1. The van der Waals surface area contributed by atoms with Crippen LogP contribution in [0.4, 0.5) is 0 Å². The van der Waals surface area contributed by atoms with Gasteiger partial charge < -0.3 is 4.74 Å². The van der Waals surface area contributed by atoms with E-state index in [9.17, 15) is 4.79 Å². The fourth-order valence-electron chi connectivity index (χ4n) is 2.28. The average molecular weight is 370 g/mol. The number of cyclic esters (lactones) is 1. The monoisotopic (exact) mass is 369 g/mol. The summed E-state index contributed by atoms with van der Waals surface area (Å²) in [5.41, 5.74) is 3.24. The quantitative estimate of drug-likeness (QED) is 0.568. The van der Waals surface area contributed by atoms with E-state index in [-0.39, 0.29) is 0 Å². The number of aliphatic imine (C=N–C) groups is 1. The van der Waals surface area contributed by atoms with Crippen molar-refractivity contribution in [3.8, 4) is 0 Å². The molecule has 3 nitrogen and oxygen atoms in total. The molecule has 0 saturated carbocycles. The summed E-state index contributed by atoms with van der Waals surface area (Å²) in [4.78, 5) is 16.4. The van der Waals surface area contributed by atoms with Gasteiger partial charge in [-0.05, 0) is 41.3 Å². The molecule has 0 aliphatic carbocycles. The first kappa shape index (κ1) is 15.7. The summed E-state index contributed by atoms with van der Waals surface area (Å²) in [6.45, 7) is 4.28. The van der Waals surface area contributed by atoms with Crippen molar-refractivity contribution in [2.24, 2.45) is 4.99 Å². The third-order valence-electron chi connectivity index (χ3n) is 3.64. The van der Waals surface area contributed by atoms with E-state index in [1.165, 1.54) is 5.56 Å². The third-order valence-corrected chi connectivity index (χ3v) is 4.36. The molecule has 0 atom stereocenters. The first-order valence-electron chi connectivity index (χ1n) is 7.42. The van der Waals surface area contributed by atoms with Crippen LogP contribution in [-0.4, -0.2) is 11.9 Å². The number of hydrogen-bond acceptors (Lipinski definition) is 3. The van der Waals surface area contributed by atoms with E-state index in [0.29, 0.717) is 17.5 Å². The SMILES string of the molecule is CC(C)c1ccc(C2=N/C(=C\c3ccccc3Br)C(=O)O2)cc1. The van der Waals surface area contributed by atoms with Gasteiger partial charge in [-0.15, -0.1) is 0 Å². The van der Waals surface area contributed by atoms with E-state index in [4.69, 9.17) is 4.74 Å². The van der Waals surface area contributed by atoms with Crippen LogP contribution in [0, 0.1) is 0 Å². The molecular weight excluding hydrogens is 354 g/mol. The van der Waals surface area contributed by atoms with Crippen LogP contribution >= 0.6 is 15.9 Å². The van der Waals surface area contributed by atoms with Gasteiger partial charge in [-0.2, -0.15) is 0 Å². The van der Waals surface area contributed by atoms with Crippen LogP contribution < -0.4 is 0 Å². The van der Waals surface area contributed by atoms with E-state index < -0.39 is 5.97 Å². The van der Waals surface area contributed by atoms with Crippen LogP contribution in [0.2, 0.25) is 0 Å². The van der Waals surface area contributed by atoms with Gasteiger partial charge in [0.15, 0.2) is 5.70 Å². The topological polar surface area (TPSA) is 38.7 Å². The predicted octanol–water partition coefficient (Wildman–Crippen LogP) is 4.92. The van der Waals surface area contributed by atoms with Crippen LogP contribution in [0.25, 0.3) is 6.08 Å². The lowest BCUT2D eigenvalue weighted by atomic mass is 10.0. The van der Waals surface area contributed by atoms with Crippen LogP contribution in [0.15, 0.2) is 63.7 Å². The maximum absolute atomic E-state index is 12.0. The summed E-state index contributed by atoms with van der Waals surface area (Å²) in [5, 5.41) is 0. The largest absolute Gasteiger partial charge is 0.402 e. The van der Waals surface area contributed by atoms with Crippen molar-refractivity contribution in [1.29, 1.82) is 0 Å². The van der Waals surface area contributed by atoms with Crippen molar-refractivity contribution in [1.82, 2.24) is 0 Å². The number of halogens is 1. The van der Waals surface area contributed by atoms with Gasteiger partial charge in [0.05, 0.1) is 0 Å². The smallest absolute Gasteiger partial charge is 0.363 e. The lowest BCUT2D eigenvalue weighted by Gasteiger charge is -2.05. The summed E-state index contributed by atoms with van der Waals surface area (Å²) in [6.07, 6.45) is 1.72. The molecule has 2 aromatic carbocycles. The molecule has 1 heterocycles. The van der Waals surface area contributed by atoms with Crippen molar-refractivity contribution in [3.05, 3.63) is 75.4 Å². The molecule has 1 aliphatic rings. The molecule has 0 radical (unpaired) electrons. The van der Waals surface area contributed by atoms with E-state index in [0.717, 1.165) is 15.6 Å². The predicted molar refractivity (Wildman–Crippen MR) is 95.3 cm³/mol. The Bertz CT molecular complexity index is 804. The molecule has 0 spiro atoms. The molecule has 0 aromatic heterocycles. The van der Waals surface area contributed by atoms with Crippen molar-refractivity contribution in [2.75, 3.05) is 0 Å². The molecule has 0 N–H and O–H groups in total. The number of rotatable bonds is 3. The standard InChI is InChI=1S/C19H16BrNO2/c1-12(2)13-7-9-14(10-8-13)18-21-17(19(22)23-18)11-15-5-3-4-6-16(15)20/h3-12H,1-2H3/b17-11-. The molecule has 0 saturated heterocycles. The summed E-state index contributed by atoms with van der Waals surface area (Å²) in [6, 6.07) is 15.6. The number of benzene rings is 2. The molecule has 3 rings (SSSR count). The number of esters is 1. The van der Waals surface area contributed by atoms with E-state index in [1.54, 1.807) is 6.08 Å². The Morgan fingerprint density at radius 1 is 1.09 bits per heavy atom. The Balaban J connectivity index is 1.91. The molecule has 1 aliphatic heterocycles. The highest BCUT2D eigenvalue weighted by Crippen LogP contribution is 2.24. The molecule has 116 valence electrons. The molecule has 0 unspecified atom stereocenters. The maximum atomic E-state index is 12.0. The molecule has 0 amide bonds. The van der Waals surface area contributed by atoms with Gasteiger partial charge >= 0.3 is 5.97 Å². The average Bonchev–Trinajstić information content (AvgIpc) is 2.91. The van der Waals surface area contributed by atoms with Crippen molar-refractivity contribution in [3.63, 3.8) is 0 Å². The number of carbonyl (C=O) groups excluding carboxylic acids is 1. The van der Waals surface area contributed by atoms with Crippen molar-refractivity contribution in [2.45, 2.75) is 19.8 Å². The van der Waals surface area contributed by atoms with Gasteiger partial charge in [0.2, 0.25) is 5.90 Å². The minimum Gasteiger partial charge on any atom is -0.402 e. The number of hydrogen-bond donors (Lipinski definition) is 0. The molecule has 23 heavy (non-hydrogen) atoms. The first-order valence-corrected chi connectivity index (χ1v) is 8.21. The minimum absolute atomic E-state index is 0.305. The number of nitrogens with zero attached hydrogens (tertiary/aromatic N) is 1. The van der Waals surface area contributed by atoms with E-state index >= 15 is 0 Å². The normalized spacial score (nSPS) is 15.9. The molecule has 0 bridgehead atoms. The second-order valence-electron chi connectivity index (χ2n) is 5.63. The Morgan fingerprint density at radius 3 is 2.43 bits per heavy atom. The highest BCUT2D eigenvalue weighted by atomic mass is 79.9. The Labute approximate surface area is 143 Å². The zero-order valence-electron chi connectivity index (χ0n) is 12.9. The summed E-state index contributed by atoms with van der Waals surface area (Å²) in [5.74, 6) is 0.385. The molecule has 2 aromatic rings. The van der Waals surface area contributed by atoms with Gasteiger partial charge in [0, 0.05) is 10.0 Å². The van der Waals surface area contributed by atoms with Crippen LogP contribution in [0.3, 0.4) is 0 Å². The summed E-state index contributed by atoms with van der Waals surface area (Å²) >= 11 is 3.46. The summed E-state index contributed by atoms with van der Waals surface area (Å²) in [7, 11) is 0.